The Balaban J connectivity index is 2.14. The number of alkyl halides is 1. The topological polar surface area (TPSA) is 49.8 Å². The molecule has 2 rings (SSSR count). The zero-order valence-electron chi connectivity index (χ0n) is 10.2. The zero-order valence-corrected chi connectivity index (χ0v) is 10.9. The second-order valence-electron chi connectivity index (χ2n) is 4.22. The van der Waals surface area contributed by atoms with Gasteiger partial charge in [0, 0.05) is 24.8 Å². The standard InChI is InChI=1S/C13H16ClNO3/c1-2-18-11-5-3-10(4-6-11)15-7-9(8-16)12(14)13(15)17/h3-6,9,12,16H,2,7-8H2,1H3/t9-,12-/m1/s1. The number of amides is 1. The van der Waals surface area contributed by atoms with Gasteiger partial charge in [-0.2, -0.15) is 0 Å². The number of halogens is 1. The molecule has 98 valence electrons. The van der Waals surface area contributed by atoms with Gasteiger partial charge in [-0.05, 0) is 31.2 Å². The molecule has 5 heteroatoms. The average Bonchev–Trinajstić information content (AvgIpc) is 2.68. The molecule has 1 heterocycles. The summed E-state index contributed by atoms with van der Waals surface area (Å²) < 4.78 is 5.34. The van der Waals surface area contributed by atoms with Gasteiger partial charge in [-0.15, -0.1) is 11.6 Å². The molecule has 0 radical (unpaired) electrons. The van der Waals surface area contributed by atoms with E-state index in [1.54, 1.807) is 4.90 Å². The van der Waals surface area contributed by atoms with Gasteiger partial charge in [-0.25, -0.2) is 0 Å². The Labute approximate surface area is 111 Å². The van der Waals surface area contributed by atoms with Gasteiger partial charge in [0.25, 0.3) is 0 Å². The molecule has 1 aliphatic heterocycles. The lowest BCUT2D eigenvalue weighted by atomic mass is 10.1. The number of aliphatic hydroxyl groups is 1. The Kier molecular flexibility index (Phi) is 4.09. The van der Waals surface area contributed by atoms with Crippen LogP contribution in [0.2, 0.25) is 0 Å². The van der Waals surface area contributed by atoms with Crippen LogP contribution < -0.4 is 9.64 Å². The molecule has 1 amide bonds. The third-order valence-corrected chi connectivity index (χ3v) is 3.57. The van der Waals surface area contributed by atoms with E-state index in [1.165, 1.54) is 0 Å². The van der Waals surface area contributed by atoms with Crippen molar-refractivity contribution in [2.45, 2.75) is 12.3 Å². The highest BCUT2D eigenvalue weighted by atomic mass is 35.5. The van der Waals surface area contributed by atoms with Crippen molar-refractivity contribution < 1.29 is 14.6 Å². The lowest BCUT2D eigenvalue weighted by Crippen LogP contribution is -2.27. The van der Waals surface area contributed by atoms with E-state index in [-0.39, 0.29) is 18.4 Å². The molecule has 0 bridgehead atoms. The molecule has 0 aliphatic carbocycles. The number of aliphatic hydroxyl groups excluding tert-OH is 1. The molecular weight excluding hydrogens is 254 g/mol. The molecule has 1 aromatic carbocycles. The van der Waals surface area contributed by atoms with Crippen molar-refractivity contribution in [2.24, 2.45) is 5.92 Å². The summed E-state index contributed by atoms with van der Waals surface area (Å²) in [5.41, 5.74) is 0.782. The fourth-order valence-electron chi connectivity index (χ4n) is 2.04. The normalized spacial score (nSPS) is 23.5. The molecule has 1 aliphatic rings. The van der Waals surface area contributed by atoms with Gasteiger partial charge in [-0.1, -0.05) is 0 Å². The van der Waals surface area contributed by atoms with Crippen LogP contribution >= 0.6 is 11.6 Å². The van der Waals surface area contributed by atoms with E-state index in [2.05, 4.69) is 0 Å². The van der Waals surface area contributed by atoms with Crippen molar-refractivity contribution in [3.63, 3.8) is 0 Å². The van der Waals surface area contributed by atoms with Crippen LogP contribution in [0.4, 0.5) is 5.69 Å². The summed E-state index contributed by atoms with van der Waals surface area (Å²) in [6.45, 7) is 2.91. The van der Waals surface area contributed by atoms with Gasteiger partial charge in [0.15, 0.2) is 0 Å². The number of carbonyl (C=O) groups excluding carboxylic acids is 1. The Morgan fingerprint density at radius 3 is 2.61 bits per heavy atom. The maximum absolute atomic E-state index is 11.9. The molecule has 1 fully saturated rings. The van der Waals surface area contributed by atoms with Crippen LogP contribution in [0.3, 0.4) is 0 Å². The van der Waals surface area contributed by atoms with E-state index < -0.39 is 5.38 Å². The summed E-state index contributed by atoms with van der Waals surface area (Å²) in [6, 6.07) is 7.29. The molecule has 0 unspecified atom stereocenters. The van der Waals surface area contributed by atoms with E-state index in [1.807, 2.05) is 31.2 Å². The monoisotopic (exact) mass is 269 g/mol. The van der Waals surface area contributed by atoms with Crippen molar-refractivity contribution >= 4 is 23.2 Å². The van der Waals surface area contributed by atoms with Crippen molar-refractivity contribution in [1.29, 1.82) is 0 Å². The molecule has 0 aromatic heterocycles. The predicted molar refractivity (Wildman–Crippen MR) is 70.2 cm³/mol. The SMILES string of the molecule is CCOc1ccc(N2C[C@H](CO)[C@@H](Cl)C2=O)cc1. The molecule has 18 heavy (non-hydrogen) atoms. The average molecular weight is 270 g/mol. The summed E-state index contributed by atoms with van der Waals surface area (Å²) in [7, 11) is 0. The number of ether oxygens (including phenoxy) is 1. The first-order chi connectivity index (χ1) is 8.67. The van der Waals surface area contributed by atoms with Crippen molar-refractivity contribution in [3.8, 4) is 5.75 Å². The van der Waals surface area contributed by atoms with Crippen molar-refractivity contribution in [3.05, 3.63) is 24.3 Å². The first-order valence-corrected chi connectivity index (χ1v) is 6.40. The maximum atomic E-state index is 11.9. The van der Waals surface area contributed by atoms with Crippen LogP contribution in [-0.2, 0) is 4.79 Å². The number of hydrogen-bond donors (Lipinski definition) is 1. The number of hydrogen-bond acceptors (Lipinski definition) is 3. The highest BCUT2D eigenvalue weighted by Crippen LogP contribution is 2.29. The zero-order chi connectivity index (χ0) is 13.1. The fraction of sp³-hybridized carbons (Fsp3) is 0.462. The minimum absolute atomic E-state index is 0.0760. The van der Waals surface area contributed by atoms with Crippen LogP contribution in [0.15, 0.2) is 24.3 Å². The Morgan fingerprint density at radius 2 is 2.11 bits per heavy atom. The molecule has 0 saturated carbocycles. The molecule has 4 nitrogen and oxygen atoms in total. The summed E-state index contributed by atoms with van der Waals surface area (Å²) in [5, 5.41) is 8.51. The third kappa shape index (κ3) is 2.44. The van der Waals surface area contributed by atoms with Gasteiger partial charge in [0.05, 0.1) is 6.61 Å². The number of benzene rings is 1. The lowest BCUT2D eigenvalue weighted by Gasteiger charge is -2.16. The Bertz CT molecular complexity index is 421. The number of carbonyl (C=O) groups is 1. The highest BCUT2D eigenvalue weighted by molar-refractivity contribution is 6.34. The lowest BCUT2D eigenvalue weighted by molar-refractivity contribution is -0.117. The minimum atomic E-state index is -0.637. The summed E-state index contributed by atoms with van der Waals surface area (Å²) >= 11 is 5.98. The van der Waals surface area contributed by atoms with E-state index >= 15 is 0 Å². The smallest absolute Gasteiger partial charge is 0.245 e. The maximum Gasteiger partial charge on any atom is 0.245 e. The molecule has 2 atom stereocenters. The van der Waals surface area contributed by atoms with Crippen LogP contribution in [0.1, 0.15) is 6.92 Å². The van der Waals surface area contributed by atoms with Crippen LogP contribution in [0.25, 0.3) is 0 Å². The molecule has 1 N–H and O–H groups in total. The van der Waals surface area contributed by atoms with Crippen LogP contribution in [0, 0.1) is 5.92 Å². The second-order valence-corrected chi connectivity index (χ2v) is 4.69. The fourth-order valence-corrected chi connectivity index (χ4v) is 2.32. The van der Waals surface area contributed by atoms with E-state index in [4.69, 9.17) is 21.4 Å². The summed E-state index contributed by atoms with van der Waals surface area (Å²) in [4.78, 5) is 13.5. The van der Waals surface area contributed by atoms with Crippen LogP contribution in [-0.4, -0.2) is 36.1 Å². The second kappa shape index (κ2) is 5.59. The van der Waals surface area contributed by atoms with Gasteiger partial charge in [-0.3, -0.25) is 4.79 Å². The number of anilines is 1. The predicted octanol–water partition coefficient (Wildman–Crippen LogP) is 1.65. The first-order valence-electron chi connectivity index (χ1n) is 5.96. The van der Waals surface area contributed by atoms with E-state index in [9.17, 15) is 4.79 Å². The largest absolute Gasteiger partial charge is 0.494 e. The van der Waals surface area contributed by atoms with Gasteiger partial charge in [0.2, 0.25) is 5.91 Å². The van der Waals surface area contributed by atoms with Gasteiger partial charge < -0.3 is 14.7 Å². The molecular formula is C13H16ClNO3. The van der Waals surface area contributed by atoms with Gasteiger partial charge in [0.1, 0.15) is 11.1 Å². The number of nitrogens with zero attached hydrogens (tertiary/aromatic N) is 1. The van der Waals surface area contributed by atoms with E-state index in [0.29, 0.717) is 13.2 Å². The first kappa shape index (κ1) is 13.2. The number of rotatable bonds is 4. The van der Waals surface area contributed by atoms with Crippen LogP contribution in [0.5, 0.6) is 5.75 Å². The Morgan fingerprint density at radius 1 is 1.44 bits per heavy atom. The van der Waals surface area contributed by atoms with Crippen molar-refractivity contribution in [2.75, 3.05) is 24.7 Å². The van der Waals surface area contributed by atoms with Gasteiger partial charge >= 0.3 is 0 Å². The third-order valence-electron chi connectivity index (χ3n) is 3.03. The van der Waals surface area contributed by atoms with E-state index in [0.717, 1.165) is 11.4 Å². The molecule has 1 aromatic rings. The summed E-state index contributed by atoms with van der Waals surface area (Å²) in [5.74, 6) is 0.416. The quantitative estimate of drug-likeness (QED) is 0.846. The molecule has 1 saturated heterocycles. The van der Waals surface area contributed by atoms with Crippen molar-refractivity contribution in [1.82, 2.24) is 0 Å². The Hall–Kier alpha value is -1.26. The summed E-state index contributed by atoms with van der Waals surface area (Å²) in [6.07, 6.45) is 0. The minimum Gasteiger partial charge on any atom is -0.494 e. The molecule has 0 spiro atoms. The highest BCUT2D eigenvalue weighted by Gasteiger charge is 2.39.